The summed E-state index contributed by atoms with van der Waals surface area (Å²) in [6.45, 7) is 3.54. The van der Waals surface area contributed by atoms with Crippen molar-refractivity contribution in [2.24, 2.45) is 0 Å². The zero-order valence-corrected chi connectivity index (χ0v) is 19.5. The van der Waals surface area contributed by atoms with Crippen molar-refractivity contribution in [2.75, 3.05) is 42.5 Å². The number of aromatic nitrogens is 1. The Labute approximate surface area is 202 Å². The monoisotopic (exact) mass is 472 g/mol. The zero-order chi connectivity index (χ0) is 23.3. The molecule has 0 atom stereocenters. The van der Waals surface area contributed by atoms with Crippen LogP contribution < -0.4 is 9.80 Å². The summed E-state index contributed by atoms with van der Waals surface area (Å²) in [6, 6.07) is 26.0. The van der Waals surface area contributed by atoms with Crippen LogP contribution in [0.2, 0.25) is 0 Å². The molecule has 1 aliphatic rings. The van der Waals surface area contributed by atoms with Gasteiger partial charge in [-0.3, -0.25) is 14.6 Å². The fourth-order valence-corrected chi connectivity index (χ4v) is 5.00. The Kier molecular flexibility index (Phi) is 6.65. The van der Waals surface area contributed by atoms with Gasteiger partial charge in [0, 0.05) is 48.5 Å². The van der Waals surface area contributed by atoms with E-state index in [9.17, 15) is 9.18 Å². The first kappa shape index (κ1) is 22.3. The molecule has 34 heavy (non-hydrogen) atoms. The maximum atomic E-state index is 13.4. The summed E-state index contributed by atoms with van der Waals surface area (Å²) in [7, 11) is 0. The summed E-state index contributed by atoms with van der Waals surface area (Å²) < 4.78 is 13.2. The summed E-state index contributed by atoms with van der Waals surface area (Å²) in [5.41, 5.74) is 3.51. The van der Waals surface area contributed by atoms with Crippen molar-refractivity contribution in [3.8, 4) is 11.3 Å². The molecule has 1 aromatic heterocycles. The van der Waals surface area contributed by atoms with Crippen LogP contribution in [0.1, 0.15) is 0 Å². The summed E-state index contributed by atoms with van der Waals surface area (Å²) in [4.78, 5) is 24.4. The number of carbonyl (C=O) groups is 1. The van der Waals surface area contributed by atoms with E-state index in [2.05, 4.69) is 9.80 Å². The van der Waals surface area contributed by atoms with Gasteiger partial charge in [0.15, 0.2) is 5.13 Å². The van der Waals surface area contributed by atoms with Crippen LogP contribution in [0.5, 0.6) is 0 Å². The lowest BCUT2D eigenvalue weighted by molar-refractivity contribution is -0.119. The molecular formula is C27H25FN4OS. The maximum Gasteiger partial charge on any atom is 0.245 e. The normalized spacial score (nSPS) is 14.2. The van der Waals surface area contributed by atoms with Crippen molar-refractivity contribution in [1.29, 1.82) is 0 Å². The number of hydrogen-bond acceptors (Lipinski definition) is 5. The number of piperazine rings is 1. The Balaban J connectivity index is 1.23. The third-order valence-electron chi connectivity index (χ3n) is 5.91. The van der Waals surface area contributed by atoms with Gasteiger partial charge in [-0.25, -0.2) is 9.37 Å². The fourth-order valence-electron chi connectivity index (χ4n) is 4.11. The molecule has 0 unspecified atom stereocenters. The molecule has 0 N–H and O–H groups in total. The molecule has 0 spiro atoms. The van der Waals surface area contributed by atoms with Gasteiger partial charge in [0.25, 0.3) is 0 Å². The number of thiazole rings is 1. The highest BCUT2D eigenvalue weighted by Gasteiger charge is 2.25. The molecule has 4 aromatic rings. The minimum absolute atomic E-state index is 0.0543. The molecule has 0 aliphatic carbocycles. The van der Waals surface area contributed by atoms with E-state index in [1.807, 2.05) is 66.0 Å². The molecule has 7 heteroatoms. The second-order valence-corrected chi connectivity index (χ2v) is 9.02. The molecule has 5 rings (SSSR count). The number of anilines is 3. The van der Waals surface area contributed by atoms with Crippen LogP contribution >= 0.6 is 11.3 Å². The second-order valence-electron chi connectivity index (χ2n) is 8.19. The predicted octanol–water partition coefficient (Wildman–Crippen LogP) is 5.44. The molecule has 1 aliphatic heterocycles. The average molecular weight is 473 g/mol. The smallest absolute Gasteiger partial charge is 0.245 e. The lowest BCUT2D eigenvalue weighted by Gasteiger charge is -2.35. The minimum atomic E-state index is -0.247. The third kappa shape index (κ3) is 5.00. The Morgan fingerprint density at radius 3 is 2.03 bits per heavy atom. The van der Waals surface area contributed by atoms with Crippen LogP contribution in [0.4, 0.5) is 20.9 Å². The van der Waals surface area contributed by atoms with Crippen LogP contribution in [-0.2, 0) is 4.79 Å². The highest BCUT2D eigenvalue weighted by atomic mass is 32.1. The van der Waals surface area contributed by atoms with E-state index in [1.165, 1.54) is 12.1 Å². The Morgan fingerprint density at radius 1 is 0.853 bits per heavy atom. The van der Waals surface area contributed by atoms with E-state index in [0.29, 0.717) is 6.54 Å². The molecule has 1 saturated heterocycles. The van der Waals surface area contributed by atoms with Gasteiger partial charge >= 0.3 is 0 Å². The largest absolute Gasteiger partial charge is 0.346 e. The topological polar surface area (TPSA) is 39.7 Å². The van der Waals surface area contributed by atoms with E-state index >= 15 is 0 Å². The molecule has 5 nitrogen and oxygen atoms in total. The molecule has 0 saturated carbocycles. The van der Waals surface area contributed by atoms with Crippen LogP contribution in [0.25, 0.3) is 11.3 Å². The highest BCUT2D eigenvalue weighted by Crippen LogP contribution is 2.29. The van der Waals surface area contributed by atoms with Gasteiger partial charge in [0.05, 0.1) is 12.2 Å². The van der Waals surface area contributed by atoms with Crippen molar-refractivity contribution < 1.29 is 9.18 Å². The predicted molar refractivity (Wildman–Crippen MR) is 136 cm³/mol. The van der Waals surface area contributed by atoms with Crippen molar-refractivity contribution in [1.82, 2.24) is 9.88 Å². The van der Waals surface area contributed by atoms with Gasteiger partial charge in [-0.05, 0) is 48.5 Å². The number of hydrogen-bond donors (Lipinski definition) is 0. The standard InChI is InChI=1S/C27H25FN4OS/c28-22-13-11-21(12-14-22)25-20-34-27(29-25)31-17-15-30(16-18-31)19-26(33)32(23-7-3-1-4-8-23)24-9-5-2-6-10-24/h1-14,20H,15-19H2. The third-order valence-corrected chi connectivity index (χ3v) is 6.81. The summed E-state index contributed by atoms with van der Waals surface area (Å²) in [5, 5.41) is 2.97. The average Bonchev–Trinajstić information content (AvgIpc) is 3.37. The Bertz CT molecular complexity index is 1180. The highest BCUT2D eigenvalue weighted by molar-refractivity contribution is 7.14. The first-order chi connectivity index (χ1) is 16.7. The van der Waals surface area contributed by atoms with E-state index in [0.717, 1.165) is 53.9 Å². The molecular weight excluding hydrogens is 447 g/mol. The van der Waals surface area contributed by atoms with E-state index in [4.69, 9.17) is 4.98 Å². The number of rotatable bonds is 6. The van der Waals surface area contributed by atoms with Crippen molar-refractivity contribution in [2.45, 2.75) is 0 Å². The number of carbonyl (C=O) groups excluding carboxylic acids is 1. The fraction of sp³-hybridized carbons (Fsp3) is 0.185. The van der Waals surface area contributed by atoms with Crippen LogP contribution in [0, 0.1) is 5.82 Å². The van der Waals surface area contributed by atoms with E-state index in [1.54, 1.807) is 28.4 Å². The minimum Gasteiger partial charge on any atom is -0.346 e. The van der Waals surface area contributed by atoms with Crippen molar-refractivity contribution >= 4 is 33.8 Å². The molecule has 172 valence electrons. The quantitative estimate of drug-likeness (QED) is 0.375. The SMILES string of the molecule is O=C(CN1CCN(c2nc(-c3ccc(F)cc3)cs2)CC1)N(c1ccccc1)c1ccccc1. The Hall–Kier alpha value is -3.55. The lowest BCUT2D eigenvalue weighted by Crippen LogP contribution is -2.49. The van der Waals surface area contributed by atoms with Gasteiger partial charge in [0.2, 0.25) is 5.91 Å². The van der Waals surface area contributed by atoms with Crippen LogP contribution in [-0.4, -0.2) is 48.5 Å². The van der Waals surface area contributed by atoms with E-state index in [-0.39, 0.29) is 11.7 Å². The first-order valence-corrected chi connectivity index (χ1v) is 12.2. The van der Waals surface area contributed by atoms with E-state index < -0.39 is 0 Å². The van der Waals surface area contributed by atoms with Crippen molar-refractivity contribution in [3.05, 3.63) is 96.1 Å². The summed E-state index contributed by atoms with van der Waals surface area (Å²) in [5.74, 6) is -0.193. The van der Waals surface area contributed by atoms with Crippen molar-refractivity contribution in [3.63, 3.8) is 0 Å². The molecule has 1 amide bonds. The number of para-hydroxylation sites is 2. The van der Waals surface area contributed by atoms with Gasteiger partial charge in [-0.15, -0.1) is 11.3 Å². The lowest BCUT2D eigenvalue weighted by atomic mass is 10.2. The van der Waals surface area contributed by atoms with Gasteiger partial charge in [0.1, 0.15) is 5.82 Å². The molecule has 0 bridgehead atoms. The molecule has 0 radical (unpaired) electrons. The Morgan fingerprint density at radius 2 is 1.44 bits per heavy atom. The number of benzene rings is 3. The molecule has 2 heterocycles. The number of amides is 1. The molecule has 1 fully saturated rings. The first-order valence-electron chi connectivity index (χ1n) is 11.3. The summed E-state index contributed by atoms with van der Waals surface area (Å²) in [6.07, 6.45) is 0. The van der Waals surface area contributed by atoms with Crippen LogP contribution in [0.15, 0.2) is 90.3 Å². The summed E-state index contributed by atoms with van der Waals surface area (Å²) >= 11 is 1.60. The zero-order valence-electron chi connectivity index (χ0n) is 18.7. The number of halogens is 1. The van der Waals surface area contributed by atoms with Crippen LogP contribution in [0.3, 0.4) is 0 Å². The second kappa shape index (κ2) is 10.2. The molecule has 3 aromatic carbocycles. The van der Waals surface area contributed by atoms with Gasteiger partial charge < -0.3 is 4.90 Å². The maximum absolute atomic E-state index is 13.4. The van der Waals surface area contributed by atoms with Gasteiger partial charge in [-0.1, -0.05) is 36.4 Å². The van der Waals surface area contributed by atoms with Gasteiger partial charge in [-0.2, -0.15) is 0 Å². The number of nitrogens with zero attached hydrogens (tertiary/aromatic N) is 4.